The zero-order valence-corrected chi connectivity index (χ0v) is 18.3. The third kappa shape index (κ3) is 5.10. The van der Waals surface area contributed by atoms with Crippen LogP contribution < -0.4 is 10.0 Å². The van der Waals surface area contributed by atoms with E-state index in [-0.39, 0.29) is 22.8 Å². The summed E-state index contributed by atoms with van der Waals surface area (Å²) < 4.78 is 29.3. The van der Waals surface area contributed by atoms with E-state index in [9.17, 15) is 13.2 Å². The number of benzene rings is 1. The maximum atomic E-state index is 12.9. The van der Waals surface area contributed by atoms with Crippen LogP contribution in [0, 0.1) is 12.8 Å². The van der Waals surface area contributed by atoms with Gasteiger partial charge in [-0.3, -0.25) is 4.79 Å². The van der Waals surface area contributed by atoms with E-state index in [0.717, 1.165) is 40.9 Å². The second-order valence-corrected chi connectivity index (χ2v) is 10.9. The number of fused-ring (bicyclic) bond motifs is 1. The van der Waals surface area contributed by atoms with Crippen molar-refractivity contribution < 1.29 is 13.2 Å². The number of nitrogens with one attached hydrogen (secondary N) is 2. The van der Waals surface area contributed by atoms with Crippen LogP contribution in [0.5, 0.6) is 0 Å². The summed E-state index contributed by atoms with van der Waals surface area (Å²) in [6.07, 6.45) is 6.54. The van der Waals surface area contributed by atoms with Gasteiger partial charge in [0.2, 0.25) is 15.9 Å². The summed E-state index contributed by atoms with van der Waals surface area (Å²) in [5.74, 6) is -0.393. The highest BCUT2D eigenvalue weighted by Crippen LogP contribution is 2.25. The Hall–Kier alpha value is -1.51. The Labute approximate surface area is 171 Å². The first-order valence-corrected chi connectivity index (χ1v) is 12.3. The van der Waals surface area contributed by atoms with Crippen molar-refractivity contribution in [3.8, 4) is 0 Å². The van der Waals surface area contributed by atoms with Gasteiger partial charge in [-0.2, -0.15) is 4.72 Å². The Morgan fingerprint density at radius 2 is 1.86 bits per heavy atom. The quantitative estimate of drug-likeness (QED) is 0.693. The molecule has 0 unspecified atom stereocenters. The molecule has 1 aromatic heterocycles. The molecular formula is C20H29N3O3S2. The van der Waals surface area contributed by atoms with Crippen LogP contribution >= 0.6 is 11.3 Å². The molecular weight excluding hydrogens is 394 g/mol. The number of rotatable bonds is 6. The lowest BCUT2D eigenvalue weighted by atomic mass is 10.0. The predicted octanol–water partition coefficient (Wildman–Crippen LogP) is 3.75. The van der Waals surface area contributed by atoms with E-state index in [1.165, 1.54) is 24.2 Å². The number of nitrogens with zero attached hydrogens (tertiary/aromatic N) is 1. The van der Waals surface area contributed by atoms with Gasteiger partial charge in [-0.15, -0.1) is 11.3 Å². The molecule has 1 aliphatic carbocycles. The second-order valence-electron chi connectivity index (χ2n) is 7.90. The van der Waals surface area contributed by atoms with Crippen molar-refractivity contribution in [2.75, 3.05) is 0 Å². The fourth-order valence-electron chi connectivity index (χ4n) is 3.63. The number of amides is 1. The van der Waals surface area contributed by atoms with Crippen LogP contribution in [0.4, 0.5) is 0 Å². The van der Waals surface area contributed by atoms with Gasteiger partial charge in [-0.25, -0.2) is 13.4 Å². The summed E-state index contributed by atoms with van der Waals surface area (Å²) in [7, 11) is -3.81. The van der Waals surface area contributed by atoms with E-state index in [4.69, 9.17) is 0 Å². The van der Waals surface area contributed by atoms with Gasteiger partial charge in [0.1, 0.15) is 6.04 Å². The highest BCUT2D eigenvalue weighted by Gasteiger charge is 2.30. The van der Waals surface area contributed by atoms with Gasteiger partial charge in [0.25, 0.3) is 0 Å². The number of hydrogen-bond donors (Lipinski definition) is 2. The average molecular weight is 424 g/mol. The molecule has 0 saturated heterocycles. The molecule has 0 aliphatic heterocycles. The minimum atomic E-state index is -3.81. The molecule has 0 radical (unpaired) electrons. The summed E-state index contributed by atoms with van der Waals surface area (Å²) in [5, 5.41) is 3.96. The predicted molar refractivity (Wildman–Crippen MR) is 113 cm³/mol. The van der Waals surface area contributed by atoms with Crippen LogP contribution in [-0.4, -0.2) is 31.4 Å². The number of hydrogen-bond acceptors (Lipinski definition) is 5. The van der Waals surface area contributed by atoms with Crippen LogP contribution in [0.25, 0.3) is 10.2 Å². The van der Waals surface area contributed by atoms with Crippen LogP contribution in [0.15, 0.2) is 23.1 Å². The van der Waals surface area contributed by atoms with E-state index in [1.54, 1.807) is 18.2 Å². The Bertz CT molecular complexity index is 929. The summed E-state index contributed by atoms with van der Waals surface area (Å²) in [6, 6.07) is 4.22. The first-order valence-electron chi connectivity index (χ1n) is 9.96. The molecule has 1 fully saturated rings. The summed E-state index contributed by atoms with van der Waals surface area (Å²) in [4.78, 5) is 17.4. The molecule has 3 rings (SSSR count). The van der Waals surface area contributed by atoms with Crippen molar-refractivity contribution in [3.05, 3.63) is 23.2 Å². The maximum Gasteiger partial charge on any atom is 0.241 e. The fraction of sp³-hybridized carbons (Fsp3) is 0.600. The van der Waals surface area contributed by atoms with Crippen molar-refractivity contribution in [2.24, 2.45) is 5.92 Å². The van der Waals surface area contributed by atoms with Gasteiger partial charge in [0, 0.05) is 6.04 Å². The minimum Gasteiger partial charge on any atom is -0.352 e. The number of thiazole rings is 1. The van der Waals surface area contributed by atoms with Crippen molar-refractivity contribution >= 4 is 37.5 Å². The lowest BCUT2D eigenvalue weighted by Crippen LogP contribution is -2.51. The van der Waals surface area contributed by atoms with Crippen LogP contribution in [0.2, 0.25) is 0 Å². The van der Waals surface area contributed by atoms with E-state index in [0.29, 0.717) is 0 Å². The molecule has 0 spiro atoms. The van der Waals surface area contributed by atoms with Crippen molar-refractivity contribution in [1.82, 2.24) is 15.0 Å². The molecule has 8 heteroatoms. The minimum absolute atomic E-state index is 0.136. The standard InChI is InChI=1S/C20H29N3O3S2/c1-13(2)19(20(24)22-15-8-6-4-5-7-9-15)23-28(25,26)16-10-11-17-18(12-16)27-14(3)21-17/h10-13,15,19,23H,4-9H2,1-3H3,(H,22,24)/t19-/m0/s1. The molecule has 1 aromatic carbocycles. The second kappa shape index (κ2) is 8.88. The Morgan fingerprint density at radius 1 is 1.18 bits per heavy atom. The monoisotopic (exact) mass is 423 g/mol. The van der Waals surface area contributed by atoms with Crippen LogP contribution in [0.1, 0.15) is 57.4 Å². The largest absolute Gasteiger partial charge is 0.352 e. The molecule has 1 atom stereocenters. The smallest absolute Gasteiger partial charge is 0.241 e. The molecule has 1 amide bonds. The van der Waals surface area contributed by atoms with Gasteiger partial charge in [0.05, 0.1) is 20.1 Å². The fourth-order valence-corrected chi connectivity index (χ4v) is 5.94. The lowest BCUT2D eigenvalue weighted by molar-refractivity contribution is -0.124. The zero-order valence-electron chi connectivity index (χ0n) is 16.7. The van der Waals surface area contributed by atoms with E-state index >= 15 is 0 Å². The molecule has 2 aromatic rings. The molecule has 1 heterocycles. The lowest BCUT2D eigenvalue weighted by Gasteiger charge is -2.25. The van der Waals surface area contributed by atoms with E-state index in [2.05, 4.69) is 15.0 Å². The topological polar surface area (TPSA) is 88.2 Å². The maximum absolute atomic E-state index is 12.9. The Kier molecular flexibility index (Phi) is 6.73. The number of aryl methyl sites for hydroxylation is 1. The molecule has 28 heavy (non-hydrogen) atoms. The summed E-state index contributed by atoms with van der Waals surface area (Å²) in [6.45, 7) is 5.61. The highest BCUT2D eigenvalue weighted by atomic mass is 32.2. The zero-order chi connectivity index (χ0) is 20.3. The van der Waals surface area contributed by atoms with Crippen molar-refractivity contribution in [3.63, 3.8) is 0 Å². The first-order chi connectivity index (χ1) is 13.3. The summed E-state index contributed by atoms with van der Waals surface area (Å²) in [5.41, 5.74) is 0.785. The number of sulfonamides is 1. The molecule has 1 aliphatic rings. The molecule has 154 valence electrons. The van der Waals surface area contributed by atoms with Gasteiger partial charge < -0.3 is 5.32 Å². The first kappa shape index (κ1) is 21.2. The molecule has 6 nitrogen and oxygen atoms in total. The third-order valence-electron chi connectivity index (χ3n) is 5.21. The Balaban J connectivity index is 1.76. The van der Waals surface area contributed by atoms with E-state index in [1.807, 2.05) is 20.8 Å². The van der Waals surface area contributed by atoms with Crippen molar-refractivity contribution in [1.29, 1.82) is 0 Å². The number of carbonyl (C=O) groups is 1. The number of aromatic nitrogens is 1. The highest BCUT2D eigenvalue weighted by molar-refractivity contribution is 7.89. The Morgan fingerprint density at radius 3 is 2.50 bits per heavy atom. The van der Waals surface area contributed by atoms with Crippen molar-refractivity contribution in [2.45, 2.75) is 76.3 Å². The normalized spacial score (nSPS) is 17.6. The van der Waals surface area contributed by atoms with E-state index < -0.39 is 16.1 Å². The van der Waals surface area contributed by atoms with Gasteiger partial charge >= 0.3 is 0 Å². The number of carbonyl (C=O) groups excluding carboxylic acids is 1. The van der Waals surface area contributed by atoms with Crippen LogP contribution in [0.3, 0.4) is 0 Å². The van der Waals surface area contributed by atoms with Gasteiger partial charge in [0.15, 0.2) is 0 Å². The molecule has 1 saturated carbocycles. The summed E-state index contributed by atoms with van der Waals surface area (Å²) >= 11 is 1.46. The SMILES string of the molecule is Cc1nc2ccc(S(=O)(=O)N[C@H](C(=O)NC3CCCCCC3)C(C)C)cc2s1. The molecule has 0 bridgehead atoms. The third-order valence-corrected chi connectivity index (χ3v) is 7.58. The van der Waals surface area contributed by atoms with Gasteiger partial charge in [-0.05, 0) is 43.9 Å². The van der Waals surface area contributed by atoms with Gasteiger partial charge in [-0.1, -0.05) is 39.5 Å². The van der Waals surface area contributed by atoms with Crippen LogP contribution in [-0.2, 0) is 14.8 Å². The molecule has 2 N–H and O–H groups in total. The average Bonchev–Trinajstić information content (AvgIpc) is 2.82.